The van der Waals surface area contributed by atoms with Crippen molar-refractivity contribution in [2.45, 2.75) is 38.5 Å². The van der Waals surface area contributed by atoms with Crippen LogP contribution in [0.4, 0.5) is 5.69 Å². The molecule has 182 valence electrons. The second kappa shape index (κ2) is 8.38. The summed E-state index contributed by atoms with van der Waals surface area (Å²) < 4.78 is 16.2. The highest BCUT2D eigenvalue weighted by Crippen LogP contribution is 2.63. The molecule has 3 N–H and O–H groups in total. The molecule has 9 nitrogen and oxygen atoms in total. The van der Waals surface area contributed by atoms with E-state index in [4.69, 9.17) is 19.9 Å². The molecule has 3 aliphatic rings. The van der Waals surface area contributed by atoms with Gasteiger partial charge in [-0.05, 0) is 36.5 Å². The molecule has 1 aliphatic carbocycles. The second-order valence-electron chi connectivity index (χ2n) is 9.37. The van der Waals surface area contributed by atoms with Gasteiger partial charge in [0.05, 0.1) is 38.1 Å². The van der Waals surface area contributed by atoms with Crippen molar-refractivity contribution >= 4 is 23.5 Å². The third kappa shape index (κ3) is 3.17. The number of nitrogens with zero attached hydrogens (tertiary/aromatic N) is 1. The van der Waals surface area contributed by atoms with Gasteiger partial charge in [-0.25, -0.2) is 4.79 Å². The van der Waals surface area contributed by atoms with E-state index in [0.717, 1.165) is 24.0 Å². The van der Waals surface area contributed by atoms with E-state index in [1.165, 1.54) is 21.3 Å². The lowest BCUT2D eigenvalue weighted by Crippen LogP contribution is -2.46. The molecule has 1 aromatic rings. The summed E-state index contributed by atoms with van der Waals surface area (Å²) in [6.45, 7) is 4.71. The normalized spacial score (nSPS) is 22.9. The maximum atomic E-state index is 13.7. The number of allylic oxidation sites excluding steroid dienone is 1. The number of fused-ring (bicyclic) bond motifs is 2. The number of rotatable bonds is 6. The van der Waals surface area contributed by atoms with Crippen LogP contribution in [0.25, 0.3) is 0 Å². The Balaban J connectivity index is 1.86. The van der Waals surface area contributed by atoms with Crippen molar-refractivity contribution in [3.8, 4) is 11.5 Å². The molecule has 2 amide bonds. The van der Waals surface area contributed by atoms with Crippen LogP contribution >= 0.6 is 0 Å². The zero-order valence-electron chi connectivity index (χ0n) is 20.2. The fraction of sp³-hybridized carbons (Fsp3) is 0.480. The molecule has 0 fully saturated rings. The summed E-state index contributed by atoms with van der Waals surface area (Å²) in [5.74, 6) is -0.280. The number of carbonyl (C=O) groups is 3. The second-order valence-corrected chi connectivity index (χ2v) is 9.37. The summed E-state index contributed by atoms with van der Waals surface area (Å²) in [6, 6.07) is 3.62. The van der Waals surface area contributed by atoms with Crippen LogP contribution < -0.4 is 20.5 Å². The van der Waals surface area contributed by atoms with E-state index in [0.29, 0.717) is 48.0 Å². The SMILES string of the molecule is COC(=O)C1=C(CN2CCCC=C2C(N)=O)CC2(C(=O)Nc3c2ccc(OC)c3OC)C1(C)C. The van der Waals surface area contributed by atoms with E-state index >= 15 is 0 Å². The predicted molar refractivity (Wildman–Crippen MR) is 125 cm³/mol. The summed E-state index contributed by atoms with van der Waals surface area (Å²) in [6.07, 6.45) is 3.76. The number of ether oxygens (including phenoxy) is 3. The third-order valence-electron chi connectivity index (χ3n) is 7.49. The van der Waals surface area contributed by atoms with E-state index in [1.807, 2.05) is 30.9 Å². The first-order chi connectivity index (χ1) is 16.1. The molecular weight excluding hydrogens is 438 g/mol. The van der Waals surface area contributed by atoms with Gasteiger partial charge in [0.2, 0.25) is 5.91 Å². The van der Waals surface area contributed by atoms with E-state index in [2.05, 4.69) is 5.32 Å². The zero-order valence-corrected chi connectivity index (χ0v) is 20.2. The number of methoxy groups -OCH3 is 3. The van der Waals surface area contributed by atoms with Crippen molar-refractivity contribution in [3.05, 3.63) is 40.6 Å². The molecular formula is C25H31N3O6. The molecule has 1 aromatic carbocycles. The molecule has 34 heavy (non-hydrogen) atoms. The van der Waals surface area contributed by atoms with Crippen molar-refractivity contribution < 1.29 is 28.6 Å². The smallest absolute Gasteiger partial charge is 0.334 e. The van der Waals surface area contributed by atoms with Gasteiger partial charge in [0, 0.05) is 24.1 Å². The van der Waals surface area contributed by atoms with E-state index < -0.39 is 22.7 Å². The van der Waals surface area contributed by atoms with Crippen LogP contribution in [-0.2, 0) is 24.5 Å². The summed E-state index contributed by atoms with van der Waals surface area (Å²) >= 11 is 0. The number of amides is 2. The number of anilines is 1. The number of nitrogens with one attached hydrogen (secondary N) is 1. The Morgan fingerprint density at radius 3 is 2.53 bits per heavy atom. The molecule has 1 unspecified atom stereocenters. The summed E-state index contributed by atoms with van der Waals surface area (Å²) in [7, 11) is 4.39. The van der Waals surface area contributed by atoms with Gasteiger partial charge in [0.15, 0.2) is 11.5 Å². The Labute approximate surface area is 198 Å². The zero-order chi connectivity index (χ0) is 24.8. The lowest BCUT2D eigenvalue weighted by molar-refractivity contribution is -0.137. The van der Waals surface area contributed by atoms with Crippen LogP contribution in [0.15, 0.2) is 35.1 Å². The monoisotopic (exact) mass is 469 g/mol. The maximum Gasteiger partial charge on any atom is 0.334 e. The average Bonchev–Trinajstić information content (AvgIpc) is 3.23. The van der Waals surface area contributed by atoms with Crippen molar-refractivity contribution in [1.29, 1.82) is 0 Å². The van der Waals surface area contributed by atoms with Crippen molar-refractivity contribution in [3.63, 3.8) is 0 Å². The summed E-state index contributed by atoms with van der Waals surface area (Å²) in [5.41, 5.74) is 6.57. The molecule has 9 heteroatoms. The number of hydrogen-bond donors (Lipinski definition) is 2. The molecule has 1 spiro atoms. The lowest BCUT2D eigenvalue weighted by Gasteiger charge is -2.38. The minimum Gasteiger partial charge on any atom is -0.493 e. The number of primary amides is 1. The van der Waals surface area contributed by atoms with Gasteiger partial charge in [-0.2, -0.15) is 0 Å². The molecule has 2 heterocycles. The first kappa shape index (κ1) is 23.7. The molecule has 2 aliphatic heterocycles. The average molecular weight is 470 g/mol. The van der Waals surface area contributed by atoms with Crippen LogP contribution in [-0.4, -0.2) is 57.1 Å². The quantitative estimate of drug-likeness (QED) is 0.613. The molecule has 4 rings (SSSR count). The Kier molecular flexibility index (Phi) is 5.83. The van der Waals surface area contributed by atoms with Gasteiger partial charge in [-0.1, -0.05) is 26.0 Å². The van der Waals surface area contributed by atoms with Gasteiger partial charge >= 0.3 is 5.97 Å². The minimum atomic E-state index is -1.06. The third-order valence-corrected chi connectivity index (χ3v) is 7.49. The maximum absolute atomic E-state index is 13.7. The largest absolute Gasteiger partial charge is 0.493 e. The van der Waals surface area contributed by atoms with Gasteiger partial charge < -0.3 is 30.2 Å². The van der Waals surface area contributed by atoms with Crippen LogP contribution in [0.5, 0.6) is 11.5 Å². The predicted octanol–water partition coefficient (Wildman–Crippen LogP) is 2.26. The Hall–Kier alpha value is -3.49. The number of benzene rings is 1. The van der Waals surface area contributed by atoms with Gasteiger partial charge in [-0.3, -0.25) is 9.59 Å². The van der Waals surface area contributed by atoms with Crippen LogP contribution in [0, 0.1) is 5.41 Å². The lowest BCUT2D eigenvalue weighted by atomic mass is 9.62. The van der Waals surface area contributed by atoms with Gasteiger partial charge in [-0.15, -0.1) is 0 Å². The molecule has 0 saturated carbocycles. The Morgan fingerprint density at radius 1 is 1.18 bits per heavy atom. The summed E-state index contributed by atoms with van der Waals surface area (Å²) in [4.78, 5) is 40.8. The number of hydrogen-bond acceptors (Lipinski definition) is 7. The molecule has 1 atom stereocenters. The number of carbonyl (C=O) groups excluding carboxylic acids is 3. The first-order valence-electron chi connectivity index (χ1n) is 11.3. The fourth-order valence-corrected chi connectivity index (χ4v) is 5.89. The van der Waals surface area contributed by atoms with Crippen molar-refractivity contribution in [1.82, 2.24) is 4.90 Å². The molecule has 0 bridgehead atoms. The molecule has 0 saturated heterocycles. The number of esters is 1. The van der Waals surface area contributed by atoms with E-state index in [9.17, 15) is 14.4 Å². The van der Waals surface area contributed by atoms with Gasteiger partial charge in [0.25, 0.3) is 5.91 Å². The van der Waals surface area contributed by atoms with Crippen molar-refractivity contribution in [2.24, 2.45) is 11.1 Å². The minimum absolute atomic E-state index is 0.222. The van der Waals surface area contributed by atoms with E-state index in [1.54, 1.807) is 6.07 Å². The van der Waals surface area contributed by atoms with Crippen LogP contribution in [0.3, 0.4) is 0 Å². The van der Waals surface area contributed by atoms with Crippen LogP contribution in [0.1, 0.15) is 38.7 Å². The highest BCUT2D eigenvalue weighted by Gasteiger charge is 2.64. The van der Waals surface area contributed by atoms with Crippen molar-refractivity contribution in [2.75, 3.05) is 39.7 Å². The van der Waals surface area contributed by atoms with Gasteiger partial charge in [0.1, 0.15) is 0 Å². The van der Waals surface area contributed by atoms with Crippen LogP contribution in [0.2, 0.25) is 0 Å². The topological polar surface area (TPSA) is 120 Å². The highest BCUT2D eigenvalue weighted by molar-refractivity contribution is 6.11. The summed E-state index contributed by atoms with van der Waals surface area (Å²) in [5, 5.41) is 2.99. The molecule has 0 aromatic heterocycles. The standard InChI is InChI=1S/C25H31N3O6/c1-24(2)18(22(30)34-5)14(13-28-11-7-6-8-16(28)21(26)29)12-25(24)15-9-10-17(32-3)20(33-4)19(15)27-23(25)31/h8-10H,6-7,11-13H2,1-5H3,(H2,26,29)(H,27,31). The first-order valence-corrected chi connectivity index (χ1v) is 11.3. The number of nitrogens with two attached hydrogens (primary N) is 1. The Bertz CT molecular complexity index is 1140. The molecule has 0 radical (unpaired) electrons. The Morgan fingerprint density at radius 2 is 1.91 bits per heavy atom. The fourth-order valence-electron chi connectivity index (χ4n) is 5.89. The highest BCUT2D eigenvalue weighted by atomic mass is 16.5. The van der Waals surface area contributed by atoms with E-state index in [-0.39, 0.29) is 5.91 Å².